The number of hydrogen-bond acceptors (Lipinski definition) is 4. The molecule has 1 fully saturated rings. The number of anilines is 2. The van der Waals surface area contributed by atoms with Crippen molar-refractivity contribution in [2.45, 2.75) is 0 Å². The predicted octanol–water partition coefficient (Wildman–Crippen LogP) is 0.240. The number of amides is 4. The molecule has 1 heterocycles. The summed E-state index contributed by atoms with van der Waals surface area (Å²) in [5.74, 6) is -1.64. The van der Waals surface area contributed by atoms with Crippen LogP contribution in [0.25, 0.3) is 0 Å². The fourth-order valence-corrected chi connectivity index (χ4v) is 1.79. The number of carbonyl (C=O) groups is 3. The van der Waals surface area contributed by atoms with Gasteiger partial charge in [-0.2, -0.15) is 0 Å². The first-order valence-electron chi connectivity index (χ1n) is 5.79. The van der Waals surface area contributed by atoms with Crippen LogP contribution in [-0.4, -0.2) is 47.8 Å². The molecule has 2 rings (SSSR count). The molecule has 1 aliphatic heterocycles. The van der Waals surface area contributed by atoms with E-state index in [0.29, 0.717) is 0 Å². The smallest absolute Gasteiger partial charge is 0.327 e. The van der Waals surface area contributed by atoms with Crippen molar-refractivity contribution in [3.8, 4) is 0 Å². The Bertz CT molecular complexity index is 590. The van der Waals surface area contributed by atoms with Gasteiger partial charge in [-0.25, -0.2) is 9.18 Å². The van der Waals surface area contributed by atoms with Crippen molar-refractivity contribution in [3.05, 3.63) is 24.0 Å². The van der Waals surface area contributed by atoms with E-state index in [-0.39, 0.29) is 17.9 Å². The highest BCUT2D eigenvalue weighted by Crippen LogP contribution is 2.19. The molecule has 20 heavy (non-hydrogen) atoms. The number of imide groups is 1. The molecule has 0 unspecified atom stereocenters. The molecule has 1 saturated heterocycles. The fourth-order valence-electron chi connectivity index (χ4n) is 1.79. The van der Waals surface area contributed by atoms with Gasteiger partial charge in [-0.05, 0) is 18.2 Å². The van der Waals surface area contributed by atoms with Crippen LogP contribution < -0.4 is 11.1 Å². The first-order chi connectivity index (χ1) is 9.38. The van der Waals surface area contributed by atoms with E-state index in [9.17, 15) is 18.8 Å². The number of nitrogens with two attached hydrogens (primary N) is 1. The van der Waals surface area contributed by atoms with E-state index in [4.69, 9.17) is 5.73 Å². The summed E-state index contributed by atoms with van der Waals surface area (Å²) in [4.78, 5) is 36.9. The second kappa shape index (κ2) is 5.16. The molecule has 0 radical (unpaired) electrons. The van der Waals surface area contributed by atoms with Crippen molar-refractivity contribution in [1.29, 1.82) is 0 Å². The molecule has 8 heteroatoms. The topological polar surface area (TPSA) is 95.7 Å². The lowest BCUT2D eigenvalue weighted by atomic mass is 10.2. The normalized spacial score (nSPS) is 14.9. The number of halogens is 1. The van der Waals surface area contributed by atoms with Gasteiger partial charge in [0, 0.05) is 7.05 Å². The molecule has 0 aliphatic carbocycles. The number of benzene rings is 1. The molecule has 0 bridgehead atoms. The zero-order chi connectivity index (χ0) is 14.9. The Morgan fingerprint density at radius 3 is 2.75 bits per heavy atom. The van der Waals surface area contributed by atoms with Gasteiger partial charge in [-0.3, -0.25) is 14.5 Å². The van der Waals surface area contributed by atoms with Crippen LogP contribution in [0.1, 0.15) is 0 Å². The minimum Gasteiger partial charge on any atom is -0.397 e. The fraction of sp³-hybridized carbons (Fsp3) is 0.250. The number of rotatable bonds is 3. The van der Waals surface area contributed by atoms with Gasteiger partial charge in [0.05, 0.1) is 11.4 Å². The Kier molecular flexibility index (Phi) is 3.55. The van der Waals surface area contributed by atoms with Gasteiger partial charge in [0.1, 0.15) is 18.9 Å². The van der Waals surface area contributed by atoms with Gasteiger partial charge in [0.25, 0.3) is 5.91 Å². The molecule has 0 spiro atoms. The number of likely N-dealkylation sites (N-methyl/N-ethyl adjacent to an activating group) is 1. The summed E-state index contributed by atoms with van der Waals surface area (Å²) in [6, 6.07) is 2.99. The summed E-state index contributed by atoms with van der Waals surface area (Å²) in [6.45, 7) is -0.494. The maximum atomic E-state index is 13.0. The number of nitrogens with one attached hydrogen (secondary N) is 1. The van der Waals surface area contributed by atoms with E-state index in [1.807, 2.05) is 0 Å². The zero-order valence-electron chi connectivity index (χ0n) is 10.7. The average Bonchev–Trinajstić information content (AvgIpc) is 2.61. The second-order valence-electron chi connectivity index (χ2n) is 4.40. The third-order valence-electron chi connectivity index (χ3n) is 2.82. The summed E-state index contributed by atoms with van der Waals surface area (Å²) in [5.41, 5.74) is 5.88. The third kappa shape index (κ3) is 2.68. The molecule has 1 aromatic carbocycles. The Hall–Kier alpha value is -2.64. The molecule has 1 aliphatic rings. The van der Waals surface area contributed by atoms with Gasteiger partial charge in [0.2, 0.25) is 5.91 Å². The maximum Gasteiger partial charge on any atom is 0.327 e. The Labute approximate surface area is 114 Å². The summed E-state index contributed by atoms with van der Waals surface area (Å²) < 4.78 is 13.0. The van der Waals surface area contributed by atoms with E-state index < -0.39 is 30.2 Å². The largest absolute Gasteiger partial charge is 0.397 e. The van der Waals surface area contributed by atoms with Crippen molar-refractivity contribution >= 4 is 29.2 Å². The van der Waals surface area contributed by atoms with Crippen LogP contribution in [0.5, 0.6) is 0 Å². The van der Waals surface area contributed by atoms with E-state index in [0.717, 1.165) is 17.0 Å². The van der Waals surface area contributed by atoms with Crippen molar-refractivity contribution in [3.63, 3.8) is 0 Å². The van der Waals surface area contributed by atoms with Crippen LogP contribution in [0.3, 0.4) is 0 Å². The highest BCUT2D eigenvalue weighted by Gasteiger charge is 2.34. The van der Waals surface area contributed by atoms with Gasteiger partial charge in [-0.15, -0.1) is 0 Å². The minimum absolute atomic E-state index is 0.0613. The Balaban J connectivity index is 2.04. The van der Waals surface area contributed by atoms with E-state index in [1.54, 1.807) is 0 Å². The van der Waals surface area contributed by atoms with Crippen LogP contribution in [0.15, 0.2) is 18.2 Å². The summed E-state index contributed by atoms with van der Waals surface area (Å²) in [5, 5.41) is 2.37. The molecular weight excluding hydrogens is 267 g/mol. The molecule has 0 atom stereocenters. The van der Waals surface area contributed by atoms with Gasteiger partial charge in [-0.1, -0.05) is 0 Å². The van der Waals surface area contributed by atoms with Crippen LogP contribution in [0, 0.1) is 5.82 Å². The van der Waals surface area contributed by atoms with E-state index in [2.05, 4.69) is 5.32 Å². The number of nitrogen functional groups attached to an aromatic ring is 1. The molecule has 106 valence electrons. The maximum absolute atomic E-state index is 13.0. The quantitative estimate of drug-likeness (QED) is 0.612. The lowest BCUT2D eigenvalue weighted by Gasteiger charge is -2.14. The summed E-state index contributed by atoms with van der Waals surface area (Å²) in [6.07, 6.45) is 0. The first-order valence-corrected chi connectivity index (χ1v) is 5.79. The van der Waals surface area contributed by atoms with Crippen LogP contribution in [0.2, 0.25) is 0 Å². The number of nitrogens with zero attached hydrogens (tertiary/aromatic N) is 2. The molecule has 0 aromatic heterocycles. The molecule has 1 aromatic rings. The molecule has 4 amide bonds. The minimum atomic E-state index is -0.626. The lowest BCUT2D eigenvalue weighted by molar-refractivity contribution is -0.129. The SMILES string of the molecule is CN1CC(=O)N(CC(=O)Nc2cc(F)ccc2N)C1=O. The summed E-state index contributed by atoms with van der Waals surface area (Å²) >= 11 is 0. The predicted molar refractivity (Wildman–Crippen MR) is 69.2 cm³/mol. The summed E-state index contributed by atoms with van der Waals surface area (Å²) in [7, 11) is 1.46. The molecule has 3 N–H and O–H groups in total. The highest BCUT2D eigenvalue weighted by atomic mass is 19.1. The highest BCUT2D eigenvalue weighted by molar-refractivity contribution is 6.06. The molecule has 0 saturated carbocycles. The number of hydrogen-bond donors (Lipinski definition) is 2. The first kappa shape index (κ1) is 13.8. The Morgan fingerprint density at radius 2 is 2.15 bits per heavy atom. The number of urea groups is 1. The standard InChI is InChI=1S/C12H13FN4O3/c1-16-6-11(19)17(12(16)20)5-10(18)15-9-4-7(13)2-3-8(9)14/h2-4H,5-6,14H2,1H3,(H,15,18). The van der Waals surface area contributed by atoms with Crippen molar-refractivity contribution in [2.24, 2.45) is 0 Å². The number of carbonyl (C=O) groups excluding carboxylic acids is 3. The van der Waals surface area contributed by atoms with E-state index >= 15 is 0 Å². The van der Waals surface area contributed by atoms with Crippen molar-refractivity contribution in [1.82, 2.24) is 9.80 Å². The van der Waals surface area contributed by atoms with Crippen LogP contribution in [0.4, 0.5) is 20.6 Å². The van der Waals surface area contributed by atoms with E-state index in [1.165, 1.54) is 18.0 Å². The van der Waals surface area contributed by atoms with Crippen LogP contribution >= 0.6 is 0 Å². The van der Waals surface area contributed by atoms with Gasteiger partial charge in [0.15, 0.2) is 0 Å². The monoisotopic (exact) mass is 280 g/mol. The Morgan fingerprint density at radius 1 is 1.45 bits per heavy atom. The van der Waals surface area contributed by atoms with Crippen molar-refractivity contribution in [2.75, 3.05) is 31.2 Å². The van der Waals surface area contributed by atoms with Crippen molar-refractivity contribution < 1.29 is 18.8 Å². The van der Waals surface area contributed by atoms with Crippen LogP contribution in [-0.2, 0) is 9.59 Å². The second-order valence-corrected chi connectivity index (χ2v) is 4.40. The van der Waals surface area contributed by atoms with Gasteiger partial charge >= 0.3 is 6.03 Å². The van der Waals surface area contributed by atoms with Gasteiger partial charge < -0.3 is 16.0 Å². The molecular formula is C12H13FN4O3. The molecule has 7 nitrogen and oxygen atoms in total. The lowest BCUT2D eigenvalue weighted by Crippen LogP contribution is -2.38. The zero-order valence-corrected chi connectivity index (χ0v) is 10.7. The third-order valence-corrected chi connectivity index (χ3v) is 2.82. The average molecular weight is 280 g/mol.